The zero-order valence-corrected chi connectivity index (χ0v) is 12.5. The highest BCUT2D eigenvalue weighted by molar-refractivity contribution is 6.31. The highest BCUT2D eigenvalue weighted by Gasteiger charge is 2.14. The highest BCUT2D eigenvalue weighted by atomic mass is 35.5. The van der Waals surface area contributed by atoms with Gasteiger partial charge in [0.2, 0.25) is 0 Å². The number of rotatable bonds is 5. The summed E-state index contributed by atoms with van der Waals surface area (Å²) in [5.74, 6) is -0.0301. The van der Waals surface area contributed by atoms with Crippen molar-refractivity contribution in [3.63, 3.8) is 0 Å². The summed E-state index contributed by atoms with van der Waals surface area (Å²) in [6.07, 6.45) is 2.21. The lowest BCUT2D eigenvalue weighted by molar-refractivity contribution is -0.137. The van der Waals surface area contributed by atoms with Crippen LogP contribution in [0.1, 0.15) is 12.8 Å². The number of hydrogen-bond acceptors (Lipinski definition) is 3. The predicted octanol–water partition coefficient (Wildman–Crippen LogP) is 3.62. The van der Waals surface area contributed by atoms with Crippen LogP contribution in [0.2, 0.25) is 5.02 Å². The minimum Gasteiger partial charge on any atom is -0.481 e. The van der Waals surface area contributed by atoms with Crippen molar-refractivity contribution in [3.8, 4) is 11.4 Å². The molecule has 5 nitrogen and oxygen atoms in total. The Labute approximate surface area is 132 Å². The van der Waals surface area contributed by atoms with Crippen LogP contribution < -0.4 is 0 Å². The van der Waals surface area contributed by atoms with Gasteiger partial charge < -0.3 is 9.67 Å². The van der Waals surface area contributed by atoms with Crippen LogP contribution in [0.3, 0.4) is 0 Å². The summed E-state index contributed by atoms with van der Waals surface area (Å²) in [5.41, 5.74) is 2.39. The molecule has 0 saturated carbocycles. The number of imidazole rings is 1. The first kappa shape index (κ1) is 14.5. The van der Waals surface area contributed by atoms with E-state index in [1.807, 2.05) is 34.9 Å². The van der Waals surface area contributed by atoms with Crippen molar-refractivity contribution in [2.45, 2.75) is 19.4 Å². The second-order valence-electron chi connectivity index (χ2n) is 4.95. The first-order valence-corrected chi connectivity index (χ1v) is 7.32. The summed E-state index contributed by atoms with van der Waals surface area (Å²) in [5, 5.41) is 9.35. The van der Waals surface area contributed by atoms with Crippen molar-refractivity contribution in [1.82, 2.24) is 14.5 Å². The second-order valence-corrected chi connectivity index (χ2v) is 5.38. The molecule has 1 aromatic carbocycles. The van der Waals surface area contributed by atoms with E-state index in [4.69, 9.17) is 16.7 Å². The number of aromatic nitrogens is 3. The van der Waals surface area contributed by atoms with Gasteiger partial charge in [0.15, 0.2) is 5.65 Å². The summed E-state index contributed by atoms with van der Waals surface area (Å²) in [4.78, 5) is 19.7. The van der Waals surface area contributed by atoms with Crippen LogP contribution in [0.5, 0.6) is 0 Å². The smallest absolute Gasteiger partial charge is 0.303 e. The van der Waals surface area contributed by atoms with Crippen molar-refractivity contribution < 1.29 is 9.90 Å². The van der Waals surface area contributed by atoms with E-state index in [2.05, 4.69) is 9.97 Å². The Morgan fingerprint density at radius 2 is 2.05 bits per heavy atom. The van der Waals surface area contributed by atoms with E-state index in [1.54, 1.807) is 12.3 Å². The molecule has 3 aromatic rings. The summed E-state index contributed by atoms with van der Waals surface area (Å²) >= 11 is 5.98. The van der Waals surface area contributed by atoms with Gasteiger partial charge in [-0.05, 0) is 12.5 Å². The minimum absolute atomic E-state index is 0.113. The van der Waals surface area contributed by atoms with Crippen molar-refractivity contribution in [2.24, 2.45) is 0 Å². The van der Waals surface area contributed by atoms with E-state index in [0.717, 1.165) is 11.4 Å². The summed E-state index contributed by atoms with van der Waals surface area (Å²) in [6, 6.07) is 11.5. The maximum atomic E-state index is 10.7. The fourth-order valence-electron chi connectivity index (χ4n) is 2.39. The molecule has 2 aromatic heterocycles. The number of carboxylic acids is 1. The van der Waals surface area contributed by atoms with E-state index in [-0.39, 0.29) is 6.42 Å². The summed E-state index contributed by atoms with van der Waals surface area (Å²) < 4.78 is 1.95. The number of aliphatic carboxylic acids is 1. The van der Waals surface area contributed by atoms with Gasteiger partial charge in [-0.3, -0.25) is 4.79 Å². The fourth-order valence-corrected chi connectivity index (χ4v) is 2.55. The molecular formula is C16H14ClN3O2. The van der Waals surface area contributed by atoms with Crippen molar-refractivity contribution >= 4 is 28.7 Å². The number of halogens is 1. The van der Waals surface area contributed by atoms with Gasteiger partial charge in [0.05, 0.1) is 5.02 Å². The molecule has 0 atom stereocenters. The van der Waals surface area contributed by atoms with Gasteiger partial charge in [-0.25, -0.2) is 9.97 Å². The van der Waals surface area contributed by atoms with Gasteiger partial charge in [0.1, 0.15) is 11.3 Å². The number of carboxylic acid groups (broad SMARTS) is 1. The van der Waals surface area contributed by atoms with Crippen LogP contribution in [-0.4, -0.2) is 25.6 Å². The number of hydrogen-bond donors (Lipinski definition) is 1. The van der Waals surface area contributed by atoms with Crippen LogP contribution in [0.4, 0.5) is 0 Å². The molecule has 112 valence electrons. The molecule has 0 unspecified atom stereocenters. The first-order valence-electron chi connectivity index (χ1n) is 6.94. The lowest BCUT2D eigenvalue weighted by Gasteiger charge is -2.07. The molecule has 0 amide bonds. The van der Waals surface area contributed by atoms with Gasteiger partial charge in [0, 0.05) is 24.7 Å². The predicted molar refractivity (Wildman–Crippen MR) is 84.8 cm³/mol. The molecule has 0 aliphatic carbocycles. The van der Waals surface area contributed by atoms with Crippen molar-refractivity contribution in [2.75, 3.05) is 0 Å². The molecule has 0 saturated heterocycles. The number of benzene rings is 1. The van der Waals surface area contributed by atoms with E-state index in [1.165, 1.54) is 0 Å². The zero-order chi connectivity index (χ0) is 15.5. The molecule has 0 aliphatic heterocycles. The van der Waals surface area contributed by atoms with Crippen molar-refractivity contribution in [1.29, 1.82) is 0 Å². The Hall–Kier alpha value is -2.40. The Bertz CT molecular complexity index is 815. The maximum absolute atomic E-state index is 10.7. The first-order chi connectivity index (χ1) is 10.6. The van der Waals surface area contributed by atoms with Crippen LogP contribution in [0.25, 0.3) is 22.6 Å². The standard InChI is InChI=1S/C16H14ClN3O2/c17-12-9-13-16(18-10-12)20(8-4-7-14(21)22)15(19-13)11-5-2-1-3-6-11/h1-3,5-6,9-10H,4,7-8H2,(H,21,22). The van der Waals surface area contributed by atoms with E-state index in [9.17, 15) is 4.79 Å². The lowest BCUT2D eigenvalue weighted by Crippen LogP contribution is -2.04. The number of pyridine rings is 1. The molecular weight excluding hydrogens is 302 g/mol. The second kappa shape index (κ2) is 6.15. The molecule has 0 aliphatic rings. The summed E-state index contributed by atoms with van der Waals surface area (Å²) in [6.45, 7) is 0.543. The number of fused-ring (bicyclic) bond motifs is 1. The van der Waals surface area contributed by atoms with Crippen LogP contribution >= 0.6 is 11.6 Å². The van der Waals surface area contributed by atoms with Crippen LogP contribution in [0, 0.1) is 0 Å². The van der Waals surface area contributed by atoms with Crippen LogP contribution in [0.15, 0.2) is 42.6 Å². The molecule has 1 N–H and O–H groups in total. The molecule has 3 rings (SSSR count). The average Bonchev–Trinajstić information content (AvgIpc) is 2.86. The molecule has 0 bridgehead atoms. The number of aryl methyl sites for hydroxylation is 1. The van der Waals surface area contributed by atoms with Gasteiger partial charge in [0.25, 0.3) is 0 Å². The third-order valence-electron chi connectivity index (χ3n) is 3.36. The molecule has 2 heterocycles. The third-order valence-corrected chi connectivity index (χ3v) is 3.56. The van der Waals surface area contributed by atoms with Crippen molar-refractivity contribution in [3.05, 3.63) is 47.6 Å². The molecule has 0 fully saturated rings. The minimum atomic E-state index is -0.804. The summed E-state index contributed by atoms with van der Waals surface area (Å²) in [7, 11) is 0. The van der Waals surface area contributed by atoms with Gasteiger partial charge in [-0.1, -0.05) is 41.9 Å². The average molecular weight is 316 g/mol. The van der Waals surface area contributed by atoms with E-state index in [0.29, 0.717) is 29.2 Å². The Balaban J connectivity index is 2.07. The zero-order valence-electron chi connectivity index (χ0n) is 11.7. The van der Waals surface area contributed by atoms with Gasteiger partial charge >= 0.3 is 5.97 Å². The molecule has 6 heteroatoms. The van der Waals surface area contributed by atoms with E-state index >= 15 is 0 Å². The SMILES string of the molecule is O=C(O)CCCn1c(-c2ccccc2)nc2cc(Cl)cnc21. The van der Waals surface area contributed by atoms with Gasteiger partial charge in [-0.15, -0.1) is 0 Å². The fraction of sp³-hybridized carbons (Fsp3) is 0.188. The molecule has 0 spiro atoms. The normalized spacial score (nSPS) is 11.0. The quantitative estimate of drug-likeness (QED) is 0.781. The van der Waals surface area contributed by atoms with E-state index < -0.39 is 5.97 Å². The Morgan fingerprint density at radius 3 is 2.77 bits per heavy atom. The lowest BCUT2D eigenvalue weighted by atomic mass is 10.2. The topological polar surface area (TPSA) is 68.0 Å². The van der Waals surface area contributed by atoms with Crippen LogP contribution in [-0.2, 0) is 11.3 Å². The highest BCUT2D eigenvalue weighted by Crippen LogP contribution is 2.25. The largest absolute Gasteiger partial charge is 0.481 e. The molecule has 0 radical (unpaired) electrons. The Morgan fingerprint density at radius 1 is 1.27 bits per heavy atom. The molecule has 22 heavy (non-hydrogen) atoms. The number of nitrogens with zero attached hydrogens (tertiary/aromatic N) is 3. The number of carbonyl (C=O) groups is 1. The van der Waals surface area contributed by atoms with Gasteiger partial charge in [-0.2, -0.15) is 0 Å². The Kier molecular flexibility index (Phi) is 4.06. The maximum Gasteiger partial charge on any atom is 0.303 e. The third kappa shape index (κ3) is 2.94. The monoisotopic (exact) mass is 315 g/mol.